The van der Waals surface area contributed by atoms with Crippen molar-refractivity contribution < 1.29 is 4.79 Å². The maximum Gasteiger partial charge on any atom is 0.251 e. The first-order valence-electron chi connectivity index (χ1n) is 10.3. The van der Waals surface area contributed by atoms with Crippen LogP contribution in [0.15, 0.2) is 42.5 Å². The van der Waals surface area contributed by atoms with E-state index in [0.29, 0.717) is 23.2 Å². The summed E-state index contributed by atoms with van der Waals surface area (Å²) in [6, 6.07) is 14.3. The van der Waals surface area contributed by atoms with Crippen molar-refractivity contribution in [3.05, 3.63) is 69.7 Å². The molecule has 2 aromatic rings. The van der Waals surface area contributed by atoms with Crippen LogP contribution in [0.3, 0.4) is 0 Å². The van der Waals surface area contributed by atoms with E-state index in [1.807, 2.05) is 0 Å². The minimum absolute atomic E-state index is 0.0415. The SMILES string of the molecule is O=C(NCCc1cccc2c1CCCC2N1CCNCC1)c1ccc(Cl)cc1. The molecular formula is C23H28ClN3O. The third-order valence-electron chi connectivity index (χ3n) is 5.95. The molecule has 0 aromatic heterocycles. The summed E-state index contributed by atoms with van der Waals surface area (Å²) in [5, 5.41) is 7.15. The summed E-state index contributed by atoms with van der Waals surface area (Å²) in [5.74, 6) is -0.0415. The molecule has 1 saturated heterocycles. The van der Waals surface area contributed by atoms with Crippen molar-refractivity contribution in [1.82, 2.24) is 15.5 Å². The van der Waals surface area contributed by atoms with Gasteiger partial charge in [0.15, 0.2) is 0 Å². The number of rotatable bonds is 5. The van der Waals surface area contributed by atoms with Crippen molar-refractivity contribution in [3.63, 3.8) is 0 Å². The third-order valence-corrected chi connectivity index (χ3v) is 6.20. The van der Waals surface area contributed by atoms with Gasteiger partial charge in [-0.05, 0) is 66.6 Å². The molecule has 4 nitrogen and oxygen atoms in total. The summed E-state index contributed by atoms with van der Waals surface area (Å²) < 4.78 is 0. The van der Waals surface area contributed by atoms with Crippen molar-refractivity contribution in [2.24, 2.45) is 0 Å². The first-order valence-corrected chi connectivity index (χ1v) is 10.7. The first-order chi connectivity index (χ1) is 13.7. The summed E-state index contributed by atoms with van der Waals surface area (Å²) in [5.41, 5.74) is 5.06. The number of nitrogens with one attached hydrogen (secondary N) is 2. The van der Waals surface area contributed by atoms with E-state index in [0.717, 1.165) is 39.0 Å². The number of amides is 1. The molecule has 0 radical (unpaired) electrons. The number of halogens is 1. The summed E-state index contributed by atoms with van der Waals surface area (Å²) in [7, 11) is 0. The minimum atomic E-state index is -0.0415. The molecule has 4 rings (SSSR count). The van der Waals surface area contributed by atoms with Crippen LogP contribution in [0, 0.1) is 0 Å². The molecule has 1 heterocycles. The fourth-order valence-electron chi connectivity index (χ4n) is 4.52. The molecule has 0 saturated carbocycles. The fraction of sp³-hybridized carbons (Fsp3) is 0.435. The molecule has 28 heavy (non-hydrogen) atoms. The van der Waals surface area contributed by atoms with Gasteiger partial charge in [0.2, 0.25) is 0 Å². The lowest BCUT2D eigenvalue weighted by Gasteiger charge is -2.39. The highest BCUT2D eigenvalue weighted by molar-refractivity contribution is 6.30. The van der Waals surface area contributed by atoms with E-state index in [1.165, 1.54) is 29.5 Å². The molecule has 5 heteroatoms. The minimum Gasteiger partial charge on any atom is -0.352 e. The highest BCUT2D eigenvalue weighted by Crippen LogP contribution is 2.36. The number of carbonyl (C=O) groups is 1. The van der Waals surface area contributed by atoms with Gasteiger partial charge in [-0.25, -0.2) is 0 Å². The van der Waals surface area contributed by atoms with Gasteiger partial charge in [-0.15, -0.1) is 0 Å². The molecule has 2 N–H and O–H groups in total. The van der Waals surface area contributed by atoms with Crippen LogP contribution in [-0.2, 0) is 12.8 Å². The lowest BCUT2D eigenvalue weighted by atomic mass is 9.83. The van der Waals surface area contributed by atoms with Crippen molar-refractivity contribution in [2.45, 2.75) is 31.7 Å². The molecule has 1 aliphatic heterocycles. The topological polar surface area (TPSA) is 44.4 Å². The Morgan fingerprint density at radius 3 is 2.71 bits per heavy atom. The third kappa shape index (κ3) is 4.40. The van der Waals surface area contributed by atoms with Gasteiger partial charge in [-0.2, -0.15) is 0 Å². The van der Waals surface area contributed by atoms with Crippen LogP contribution in [0.2, 0.25) is 5.02 Å². The van der Waals surface area contributed by atoms with Gasteiger partial charge in [-0.1, -0.05) is 29.8 Å². The highest BCUT2D eigenvalue weighted by Gasteiger charge is 2.27. The number of fused-ring (bicyclic) bond motifs is 1. The van der Waals surface area contributed by atoms with Crippen molar-refractivity contribution >= 4 is 17.5 Å². The molecule has 1 fully saturated rings. The van der Waals surface area contributed by atoms with Crippen molar-refractivity contribution in [2.75, 3.05) is 32.7 Å². The summed E-state index contributed by atoms with van der Waals surface area (Å²) in [4.78, 5) is 15.0. The second-order valence-electron chi connectivity index (χ2n) is 7.69. The van der Waals surface area contributed by atoms with Gasteiger partial charge in [0.25, 0.3) is 5.91 Å². The molecule has 1 atom stereocenters. The fourth-order valence-corrected chi connectivity index (χ4v) is 4.65. The van der Waals surface area contributed by atoms with Crippen molar-refractivity contribution in [1.29, 1.82) is 0 Å². The number of carbonyl (C=O) groups excluding carboxylic acids is 1. The maximum absolute atomic E-state index is 12.3. The molecule has 0 spiro atoms. The van der Waals surface area contributed by atoms with E-state index in [4.69, 9.17) is 11.6 Å². The van der Waals surface area contributed by atoms with Crippen LogP contribution in [0.5, 0.6) is 0 Å². The van der Waals surface area contributed by atoms with E-state index in [9.17, 15) is 4.79 Å². The van der Waals surface area contributed by atoms with E-state index < -0.39 is 0 Å². The largest absolute Gasteiger partial charge is 0.352 e. The normalized spacial score (nSPS) is 19.8. The zero-order chi connectivity index (χ0) is 19.3. The zero-order valence-electron chi connectivity index (χ0n) is 16.2. The number of nitrogens with zero attached hydrogens (tertiary/aromatic N) is 1. The van der Waals surface area contributed by atoms with Gasteiger partial charge >= 0.3 is 0 Å². The van der Waals surface area contributed by atoms with E-state index in [1.54, 1.807) is 24.3 Å². The predicted molar refractivity (Wildman–Crippen MR) is 114 cm³/mol. The lowest BCUT2D eigenvalue weighted by Crippen LogP contribution is -2.45. The molecule has 148 valence electrons. The van der Waals surface area contributed by atoms with Crippen LogP contribution >= 0.6 is 11.6 Å². The lowest BCUT2D eigenvalue weighted by molar-refractivity contribution is 0.0954. The molecule has 1 unspecified atom stereocenters. The Bertz CT molecular complexity index is 815. The Kier molecular flexibility index (Phi) is 6.30. The average molecular weight is 398 g/mol. The van der Waals surface area contributed by atoms with E-state index in [2.05, 4.69) is 33.7 Å². The van der Waals surface area contributed by atoms with Gasteiger partial charge < -0.3 is 10.6 Å². The maximum atomic E-state index is 12.3. The standard InChI is InChI=1S/C23H28ClN3O/c24-19-9-7-18(8-10-19)23(28)26-12-11-17-3-1-5-21-20(17)4-2-6-22(21)27-15-13-25-14-16-27/h1,3,5,7-10,22,25H,2,4,6,11-16H2,(H,26,28). The van der Waals surface area contributed by atoms with Gasteiger partial charge in [0.1, 0.15) is 0 Å². The molecular weight excluding hydrogens is 370 g/mol. The number of hydrogen-bond donors (Lipinski definition) is 2. The molecule has 1 aliphatic carbocycles. The molecule has 1 amide bonds. The monoisotopic (exact) mass is 397 g/mol. The summed E-state index contributed by atoms with van der Waals surface area (Å²) >= 11 is 5.90. The smallest absolute Gasteiger partial charge is 0.251 e. The van der Waals surface area contributed by atoms with Gasteiger partial charge in [-0.3, -0.25) is 9.69 Å². The summed E-state index contributed by atoms with van der Waals surface area (Å²) in [6.45, 7) is 5.08. The molecule has 2 aromatic carbocycles. The van der Waals surface area contributed by atoms with Crippen LogP contribution in [-0.4, -0.2) is 43.5 Å². The Morgan fingerprint density at radius 2 is 1.93 bits per heavy atom. The Hall–Kier alpha value is -1.88. The molecule has 2 aliphatic rings. The van der Waals surface area contributed by atoms with Crippen LogP contribution < -0.4 is 10.6 Å². The van der Waals surface area contributed by atoms with Crippen LogP contribution in [0.4, 0.5) is 0 Å². The second-order valence-corrected chi connectivity index (χ2v) is 8.13. The second kappa shape index (κ2) is 9.08. The Labute approximate surface area is 172 Å². The number of piperazine rings is 1. The van der Waals surface area contributed by atoms with Crippen LogP contribution in [0.1, 0.15) is 45.9 Å². The van der Waals surface area contributed by atoms with Crippen molar-refractivity contribution in [3.8, 4) is 0 Å². The highest BCUT2D eigenvalue weighted by atomic mass is 35.5. The predicted octanol–water partition coefficient (Wildman–Crippen LogP) is 3.60. The zero-order valence-corrected chi connectivity index (χ0v) is 17.0. The van der Waals surface area contributed by atoms with E-state index in [-0.39, 0.29) is 5.91 Å². The number of benzene rings is 2. The molecule has 0 bridgehead atoms. The Balaban J connectivity index is 1.41. The van der Waals surface area contributed by atoms with Gasteiger partial charge in [0.05, 0.1) is 0 Å². The summed E-state index contributed by atoms with van der Waals surface area (Å²) in [6.07, 6.45) is 4.52. The van der Waals surface area contributed by atoms with Crippen LogP contribution in [0.25, 0.3) is 0 Å². The Morgan fingerprint density at radius 1 is 1.14 bits per heavy atom. The number of hydrogen-bond acceptors (Lipinski definition) is 3. The first kappa shape index (κ1) is 19.4. The quantitative estimate of drug-likeness (QED) is 0.810. The van der Waals surface area contributed by atoms with E-state index >= 15 is 0 Å². The van der Waals surface area contributed by atoms with Gasteiger partial charge in [0, 0.05) is 49.4 Å². The average Bonchev–Trinajstić information content (AvgIpc) is 2.74.